The fourth-order valence-electron chi connectivity index (χ4n) is 2.33. The Bertz CT molecular complexity index is 361. The Hall–Kier alpha value is -0.550. The molecule has 0 radical (unpaired) electrons. The normalized spacial score (nSPS) is 20.1. The molecule has 2 heterocycles. The number of piperidine rings is 1. The summed E-state index contributed by atoms with van der Waals surface area (Å²) in [6.45, 7) is 6.78. The summed E-state index contributed by atoms with van der Waals surface area (Å²) in [6, 6.07) is 0. The van der Waals surface area contributed by atoms with Crippen molar-refractivity contribution in [1.29, 1.82) is 0 Å². The van der Waals surface area contributed by atoms with Crippen molar-refractivity contribution in [2.24, 2.45) is 11.8 Å². The predicted octanol–water partition coefficient (Wildman–Crippen LogP) is 2.89. The second kappa shape index (κ2) is 7.90. The van der Waals surface area contributed by atoms with Crippen LogP contribution in [0.25, 0.3) is 0 Å². The lowest BCUT2D eigenvalue weighted by Gasteiger charge is -2.21. The van der Waals surface area contributed by atoms with E-state index in [1.165, 1.54) is 19.4 Å². The Morgan fingerprint density at radius 3 is 3.11 bits per heavy atom. The van der Waals surface area contributed by atoms with E-state index in [1.807, 2.05) is 11.8 Å². The first-order valence-corrected chi connectivity index (χ1v) is 8.49. The average Bonchev–Trinajstić information content (AvgIpc) is 2.85. The molecule has 1 N–H and O–H groups in total. The minimum atomic E-state index is 0.718. The number of thioether (sulfide) groups is 1. The van der Waals surface area contributed by atoms with Gasteiger partial charge in [0.2, 0.25) is 5.89 Å². The molecular weight excluding hydrogens is 258 g/mol. The molecule has 5 heteroatoms. The van der Waals surface area contributed by atoms with Crippen molar-refractivity contribution >= 4 is 11.8 Å². The summed E-state index contributed by atoms with van der Waals surface area (Å²) in [6.07, 6.45) is 4.71. The molecule has 0 bridgehead atoms. The maximum absolute atomic E-state index is 5.32. The van der Waals surface area contributed by atoms with Gasteiger partial charge >= 0.3 is 0 Å². The van der Waals surface area contributed by atoms with Gasteiger partial charge in [-0.05, 0) is 49.9 Å². The number of nitrogens with zero attached hydrogens (tertiary/aromatic N) is 2. The molecule has 1 aromatic rings. The zero-order valence-corrected chi connectivity index (χ0v) is 12.8. The maximum Gasteiger partial charge on any atom is 0.226 e. The van der Waals surface area contributed by atoms with Crippen LogP contribution in [0.4, 0.5) is 0 Å². The summed E-state index contributed by atoms with van der Waals surface area (Å²) >= 11 is 1.88. The van der Waals surface area contributed by atoms with Crippen molar-refractivity contribution in [3.05, 3.63) is 11.7 Å². The standard InChI is InChI=1S/C14H25N3OS/c1-11(2)9-19-10-13-16-14(18-17-13)6-5-12-4-3-7-15-8-12/h11-12,15H,3-10H2,1-2H3. The highest BCUT2D eigenvalue weighted by Gasteiger charge is 2.14. The van der Waals surface area contributed by atoms with Gasteiger partial charge in [-0.1, -0.05) is 19.0 Å². The van der Waals surface area contributed by atoms with Gasteiger partial charge in [-0.3, -0.25) is 0 Å². The number of hydrogen-bond acceptors (Lipinski definition) is 5. The second-order valence-corrected chi connectivity index (χ2v) is 6.79. The molecule has 0 amide bonds. The largest absolute Gasteiger partial charge is 0.339 e. The maximum atomic E-state index is 5.32. The summed E-state index contributed by atoms with van der Waals surface area (Å²) < 4.78 is 5.32. The predicted molar refractivity (Wildman–Crippen MR) is 79.2 cm³/mol. The summed E-state index contributed by atoms with van der Waals surface area (Å²) in [5.41, 5.74) is 0. The lowest BCUT2D eigenvalue weighted by atomic mass is 9.95. The van der Waals surface area contributed by atoms with E-state index in [0.29, 0.717) is 0 Å². The molecule has 1 unspecified atom stereocenters. The molecule has 0 spiro atoms. The highest BCUT2D eigenvalue weighted by Crippen LogP contribution is 2.17. The van der Waals surface area contributed by atoms with Crippen LogP contribution in [0.2, 0.25) is 0 Å². The molecule has 1 aliphatic rings. The van der Waals surface area contributed by atoms with E-state index in [0.717, 1.165) is 54.4 Å². The number of rotatable bonds is 7. The van der Waals surface area contributed by atoms with E-state index < -0.39 is 0 Å². The van der Waals surface area contributed by atoms with Crippen molar-refractivity contribution in [2.45, 2.75) is 45.3 Å². The third-order valence-electron chi connectivity index (χ3n) is 3.36. The van der Waals surface area contributed by atoms with Gasteiger partial charge in [0, 0.05) is 6.42 Å². The van der Waals surface area contributed by atoms with Crippen LogP contribution in [0.15, 0.2) is 4.52 Å². The third kappa shape index (κ3) is 5.53. The zero-order valence-electron chi connectivity index (χ0n) is 12.0. The highest BCUT2D eigenvalue weighted by molar-refractivity contribution is 7.98. The Balaban J connectivity index is 1.68. The van der Waals surface area contributed by atoms with Gasteiger partial charge in [-0.25, -0.2) is 0 Å². The first-order chi connectivity index (χ1) is 9.24. The van der Waals surface area contributed by atoms with E-state index in [1.54, 1.807) is 0 Å². The van der Waals surface area contributed by atoms with Gasteiger partial charge in [0.1, 0.15) is 0 Å². The van der Waals surface area contributed by atoms with Crippen molar-refractivity contribution in [3.63, 3.8) is 0 Å². The van der Waals surface area contributed by atoms with Gasteiger partial charge in [-0.15, -0.1) is 0 Å². The van der Waals surface area contributed by atoms with Gasteiger partial charge < -0.3 is 9.84 Å². The molecule has 19 heavy (non-hydrogen) atoms. The molecule has 0 aliphatic carbocycles. The van der Waals surface area contributed by atoms with Gasteiger partial charge in [-0.2, -0.15) is 16.7 Å². The molecule has 0 aromatic carbocycles. The number of nitrogens with one attached hydrogen (secondary N) is 1. The first-order valence-electron chi connectivity index (χ1n) is 7.34. The van der Waals surface area contributed by atoms with E-state index in [4.69, 9.17) is 4.52 Å². The monoisotopic (exact) mass is 283 g/mol. The fraction of sp³-hybridized carbons (Fsp3) is 0.857. The molecule has 1 atom stereocenters. The van der Waals surface area contributed by atoms with Crippen molar-refractivity contribution in [1.82, 2.24) is 15.5 Å². The second-order valence-electron chi connectivity index (χ2n) is 5.76. The lowest BCUT2D eigenvalue weighted by molar-refractivity contribution is 0.326. The van der Waals surface area contributed by atoms with Crippen LogP contribution in [0.1, 0.15) is 44.8 Å². The van der Waals surface area contributed by atoms with Gasteiger partial charge in [0.05, 0.1) is 5.75 Å². The lowest BCUT2D eigenvalue weighted by Crippen LogP contribution is -2.29. The molecule has 1 aliphatic heterocycles. The Labute approximate surface area is 120 Å². The molecule has 4 nitrogen and oxygen atoms in total. The van der Waals surface area contributed by atoms with Crippen LogP contribution >= 0.6 is 11.8 Å². The van der Waals surface area contributed by atoms with Crippen LogP contribution in [-0.4, -0.2) is 29.0 Å². The molecule has 2 rings (SSSR count). The van der Waals surface area contributed by atoms with Crippen LogP contribution in [0.3, 0.4) is 0 Å². The SMILES string of the molecule is CC(C)CSCc1noc(CCC2CCCNC2)n1. The Morgan fingerprint density at radius 1 is 1.47 bits per heavy atom. The summed E-state index contributed by atoms with van der Waals surface area (Å²) in [4.78, 5) is 4.47. The van der Waals surface area contributed by atoms with Crippen molar-refractivity contribution < 1.29 is 4.52 Å². The van der Waals surface area contributed by atoms with Crippen molar-refractivity contribution in [2.75, 3.05) is 18.8 Å². The molecule has 0 saturated carbocycles. The number of aromatic nitrogens is 2. The zero-order chi connectivity index (χ0) is 13.5. The van der Waals surface area contributed by atoms with Crippen LogP contribution in [-0.2, 0) is 12.2 Å². The van der Waals surface area contributed by atoms with Crippen LogP contribution < -0.4 is 5.32 Å². The molecular formula is C14H25N3OS. The summed E-state index contributed by atoms with van der Waals surface area (Å²) in [5.74, 6) is 5.17. The molecule has 1 aromatic heterocycles. The quantitative estimate of drug-likeness (QED) is 0.834. The molecule has 108 valence electrons. The van der Waals surface area contributed by atoms with E-state index in [-0.39, 0.29) is 0 Å². The Morgan fingerprint density at radius 2 is 2.37 bits per heavy atom. The number of hydrogen-bond donors (Lipinski definition) is 1. The average molecular weight is 283 g/mol. The van der Waals surface area contributed by atoms with Crippen LogP contribution in [0, 0.1) is 11.8 Å². The van der Waals surface area contributed by atoms with E-state index >= 15 is 0 Å². The van der Waals surface area contributed by atoms with Gasteiger partial charge in [0.15, 0.2) is 5.82 Å². The van der Waals surface area contributed by atoms with Crippen molar-refractivity contribution in [3.8, 4) is 0 Å². The Kier molecular flexibility index (Phi) is 6.17. The van der Waals surface area contributed by atoms with E-state index in [2.05, 4.69) is 29.3 Å². The highest BCUT2D eigenvalue weighted by atomic mass is 32.2. The smallest absolute Gasteiger partial charge is 0.226 e. The van der Waals surface area contributed by atoms with E-state index in [9.17, 15) is 0 Å². The molecule has 1 saturated heterocycles. The summed E-state index contributed by atoms with van der Waals surface area (Å²) in [5, 5.41) is 7.50. The summed E-state index contributed by atoms with van der Waals surface area (Å²) in [7, 11) is 0. The van der Waals surface area contributed by atoms with Gasteiger partial charge in [0.25, 0.3) is 0 Å². The van der Waals surface area contributed by atoms with Crippen LogP contribution in [0.5, 0.6) is 0 Å². The molecule has 1 fully saturated rings. The first kappa shape index (κ1) is 14.9. The minimum Gasteiger partial charge on any atom is -0.339 e. The third-order valence-corrected chi connectivity index (χ3v) is 4.72. The minimum absolute atomic E-state index is 0.718. The topological polar surface area (TPSA) is 51.0 Å². The number of aryl methyl sites for hydroxylation is 1. The fourth-order valence-corrected chi connectivity index (χ4v) is 3.22.